The third-order valence-corrected chi connectivity index (χ3v) is 1.86. The van der Waals surface area contributed by atoms with E-state index in [-0.39, 0.29) is 12.6 Å². The van der Waals surface area contributed by atoms with Crippen molar-refractivity contribution in [2.24, 2.45) is 5.73 Å². The van der Waals surface area contributed by atoms with Gasteiger partial charge in [0.1, 0.15) is 0 Å². The molecule has 0 heterocycles. The number of benzene rings is 1. The van der Waals surface area contributed by atoms with E-state index in [1.165, 1.54) is 0 Å². The minimum absolute atomic E-state index is 0.133. The standard InChI is InChI=1S/C8H10ClN3O/c9-7-2-1-6(12-8(10)11)3-5(7)4-13/h1-3,13H,4H2,(H4,10,11,12). The Hall–Kier alpha value is -1.26. The number of aliphatic hydroxyl groups is 1. The van der Waals surface area contributed by atoms with Gasteiger partial charge in [-0.05, 0) is 23.8 Å². The number of anilines is 1. The van der Waals surface area contributed by atoms with Gasteiger partial charge in [0.2, 0.25) is 0 Å². The predicted octanol–water partition coefficient (Wildman–Crippen LogP) is 1.14. The Bertz CT molecular complexity index is 327. The highest BCUT2D eigenvalue weighted by Gasteiger charge is 2.00. The van der Waals surface area contributed by atoms with Crippen molar-refractivity contribution in [1.29, 1.82) is 5.41 Å². The zero-order chi connectivity index (χ0) is 9.84. The van der Waals surface area contributed by atoms with E-state index in [1.807, 2.05) is 0 Å². The van der Waals surface area contributed by atoms with Crippen molar-refractivity contribution in [3.8, 4) is 0 Å². The third kappa shape index (κ3) is 2.61. The van der Waals surface area contributed by atoms with E-state index >= 15 is 0 Å². The van der Waals surface area contributed by atoms with Crippen molar-refractivity contribution in [2.75, 3.05) is 5.32 Å². The molecule has 13 heavy (non-hydrogen) atoms. The third-order valence-electron chi connectivity index (χ3n) is 1.50. The van der Waals surface area contributed by atoms with Gasteiger partial charge in [-0.25, -0.2) is 0 Å². The fourth-order valence-electron chi connectivity index (χ4n) is 0.929. The number of guanidine groups is 1. The predicted molar refractivity (Wildman–Crippen MR) is 52.9 cm³/mol. The molecule has 0 saturated heterocycles. The van der Waals surface area contributed by atoms with E-state index in [9.17, 15) is 0 Å². The van der Waals surface area contributed by atoms with E-state index in [0.29, 0.717) is 16.3 Å². The minimum Gasteiger partial charge on any atom is -0.392 e. The summed E-state index contributed by atoms with van der Waals surface area (Å²) in [6, 6.07) is 4.96. The topological polar surface area (TPSA) is 82.1 Å². The fourth-order valence-corrected chi connectivity index (χ4v) is 1.11. The van der Waals surface area contributed by atoms with Crippen molar-refractivity contribution >= 4 is 23.2 Å². The van der Waals surface area contributed by atoms with Gasteiger partial charge in [-0.2, -0.15) is 0 Å². The van der Waals surface area contributed by atoms with Crippen molar-refractivity contribution in [2.45, 2.75) is 6.61 Å². The number of halogens is 1. The van der Waals surface area contributed by atoms with E-state index in [1.54, 1.807) is 18.2 Å². The lowest BCUT2D eigenvalue weighted by atomic mass is 10.2. The summed E-state index contributed by atoms with van der Waals surface area (Å²) in [6.45, 7) is -0.133. The van der Waals surface area contributed by atoms with Crippen LogP contribution in [0.15, 0.2) is 18.2 Å². The zero-order valence-electron chi connectivity index (χ0n) is 6.84. The first-order chi connectivity index (χ1) is 6.13. The highest BCUT2D eigenvalue weighted by molar-refractivity contribution is 6.31. The summed E-state index contributed by atoms with van der Waals surface area (Å²) in [5, 5.41) is 19.0. The highest BCUT2D eigenvalue weighted by Crippen LogP contribution is 2.20. The Morgan fingerprint density at radius 1 is 1.62 bits per heavy atom. The minimum atomic E-state index is -0.147. The van der Waals surface area contributed by atoms with Gasteiger partial charge in [-0.15, -0.1) is 0 Å². The maximum Gasteiger partial charge on any atom is 0.190 e. The van der Waals surface area contributed by atoms with E-state index in [4.69, 9.17) is 27.9 Å². The Balaban J connectivity index is 2.92. The Morgan fingerprint density at radius 3 is 2.85 bits per heavy atom. The molecule has 0 bridgehead atoms. The Morgan fingerprint density at radius 2 is 2.31 bits per heavy atom. The Kier molecular flexibility index (Phi) is 3.11. The average Bonchev–Trinajstić information content (AvgIpc) is 2.07. The van der Waals surface area contributed by atoms with Gasteiger partial charge in [0, 0.05) is 10.7 Å². The largest absolute Gasteiger partial charge is 0.392 e. The quantitative estimate of drug-likeness (QED) is 0.426. The van der Waals surface area contributed by atoms with E-state index in [2.05, 4.69) is 5.32 Å². The molecule has 1 rings (SSSR count). The lowest BCUT2D eigenvalue weighted by molar-refractivity contribution is 0.282. The number of hydrogen-bond acceptors (Lipinski definition) is 2. The van der Waals surface area contributed by atoms with Crippen LogP contribution in [-0.2, 0) is 6.61 Å². The maximum atomic E-state index is 8.88. The van der Waals surface area contributed by atoms with E-state index < -0.39 is 0 Å². The molecule has 0 aliphatic carbocycles. The lowest BCUT2D eigenvalue weighted by Crippen LogP contribution is -2.20. The summed E-state index contributed by atoms with van der Waals surface area (Å²) in [5.74, 6) is -0.147. The van der Waals surface area contributed by atoms with Crippen LogP contribution in [0, 0.1) is 5.41 Å². The van der Waals surface area contributed by atoms with Crippen LogP contribution in [0.3, 0.4) is 0 Å². The monoisotopic (exact) mass is 199 g/mol. The summed E-state index contributed by atoms with van der Waals surface area (Å²) in [7, 11) is 0. The van der Waals surface area contributed by atoms with Crippen LogP contribution in [-0.4, -0.2) is 11.1 Å². The average molecular weight is 200 g/mol. The maximum absolute atomic E-state index is 8.88. The molecule has 5 N–H and O–H groups in total. The number of aliphatic hydroxyl groups excluding tert-OH is 1. The molecule has 0 fully saturated rings. The summed E-state index contributed by atoms with van der Waals surface area (Å²) < 4.78 is 0. The van der Waals surface area contributed by atoms with Crippen LogP contribution in [0.4, 0.5) is 5.69 Å². The number of nitrogens with two attached hydrogens (primary N) is 1. The van der Waals surface area contributed by atoms with E-state index in [0.717, 1.165) is 0 Å². The molecule has 0 aromatic heterocycles. The van der Waals surface area contributed by atoms with Crippen LogP contribution in [0.25, 0.3) is 0 Å². The number of nitrogens with one attached hydrogen (secondary N) is 2. The molecule has 5 heteroatoms. The smallest absolute Gasteiger partial charge is 0.190 e. The van der Waals surface area contributed by atoms with Crippen LogP contribution in [0.1, 0.15) is 5.56 Å². The second-order valence-corrected chi connectivity index (χ2v) is 2.91. The molecule has 0 atom stereocenters. The van der Waals surface area contributed by atoms with Crippen LogP contribution in [0.5, 0.6) is 0 Å². The lowest BCUT2D eigenvalue weighted by Gasteiger charge is -2.06. The molecule has 1 aromatic carbocycles. The molecule has 0 aliphatic rings. The molecule has 0 aliphatic heterocycles. The molecule has 0 radical (unpaired) electrons. The second-order valence-electron chi connectivity index (χ2n) is 2.50. The van der Waals surface area contributed by atoms with Crippen molar-refractivity contribution < 1.29 is 5.11 Å². The van der Waals surface area contributed by atoms with Gasteiger partial charge in [0.05, 0.1) is 6.61 Å². The normalized spacial score (nSPS) is 9.69. The zero-order valence-corrected chi connectivity index (χ0v) is 7.60. The summed E-state index contributed by atoms with van der Waals surface area (Å²) in [5.41, 5.74) is 6.38. The first-order valence-electron chi connectivity index (χ1n) is 3.64. The molecule has 0 saturated carbocycles. The summed E-state index contributed by atoms with van der Waals surface area (Å²) >= 11 is 5.76. The number of rotatable bonds is 2. The molecular formula is C8H10ClN3O. The summed E-state index contributed by atoms with van der Waals surface area (Å²) in [4.78, 5) is 0. The molecular weight excluding hydrogens is 190 g/mol. The molecule has 70 valence electrons. The van der Waals surface area contributed by atoms with Gasteiger partial charge in [-0.3, -0.25) is 5.41 Å². The van der Waals surface area contributed by atoms with Crippen molar-refractivity contribution in [3.05, 3.63) is 28.8 Å². The summed E-state index contributed by atoms with van der Waals surface area (Å²) in [6.07, 6.45) is 0. The molecule has 1 aromatic rings. The molecule has 0 spiro atoms. The molecule has 4 nitrogen and oxygen atoms in total. The van der Waals surface area contributed by atoms with Crippen LogP contribution >= 0.6 is 11.6 Å². The first-order valence-corrected chi connectivity index (χ1v) is 4.01. The van der Waals surface area contributed by atoms with Gasteiger partial charge >= 0.3 is 0 Å². The van der Waals surface area contributed by atoms with Gasteiger partial charge in [-0.1, -0.05) is 11.6 Å². The SMILES string of the molecule is N=C(N)Nc1ccc(Cl)c(CO)c1. The Labute approximate surface area is 80.8 Å². The van der Waals surface area contributed by atoms with Crippen molar-refractivity contribution in [1.82, 2.24) is 0 Å². The first kappa shape index (κ1) is 9.83. The van der Waals surface area contributed by atoms with Crippen molar-refractivity contribution in [3.63, 3.8) is 0 Å². The molecule has 0 unspecified atom stereocenters. The highest BCUT2D eigenvalue weighted by atomic mass is 35.5. The van der Waals surface area contributed by atoms with Gasteiger partial charge in [0.25, 0.3) is 0 Å². The van der Waals surface area contributed by atoms with Gasteiger partial charge < -0.3 is 16.2 Å². The van der Waals surface area contributed by atoms with Crippen LogP contribution < -0.4 is 11.1 Å². The fraction of sp³-hybridized carbons (Fsp3) is 0.125. The molecule has 0 amide bonds. The van der Waals surface area contributed by atoms with Crippen LogP contribution in [0.2, 0.25) is 5.02 Å². The second kappa shape index (κ2) is 4.11. The number of hydrogen-bond donors (Lipinski definition) is 4. The van der Waals surface area contributed by atoms with Gasteiger partial charge in [0.15, 0.2) is 5.96 Å².